The van der Waals surface area contributed by atoms with Gasteiger partial charge in [0.15, 0.2) is 5.82 Å². The third-order valence-corrected chi connectivity index (χ3v) is 5.76. The summed E-state index contributed by atoms with van der Waals surface area (Å²) in [7, 11) is -4.29. The first-order chi connectivity index (χ1) is 13.7. The Labute approximate surface area is 165 Å². The Morgan fingerprint density at radius 1 is 1.45 bits per heavy atom. The molecule has 2 aliphatic heterocycles. The SMILES string of the molecule is O=C1CN(c2c(O)cc3c(c2F)C[C@H](NCCCOCC(F)F)CO3)S(=O)(=O)N1. The Kier molecular flexibility index (Phi) is 6.39. The van der Waals surface area contributed by atoms with E-state index < -0.39 is 52.9 Å². The molecule has 13 heteroatoms. The number of hydrogen-bond acceptors (Lipinski definition) is 7. The minimum absolute atomic E-state index is 0.0602. The molecule has 1 aromatic rings. The summed E-state index contributed by atoms with van der Waals surface area (Å²) in [4.78, 5) is 11.4. The van der Waals surface area contributed by atoms with Crippen LogP contribution in [0.25, 0.3) is 0 Å². The maximum Gasteiger partial charge on any atom is 0.326 e. The van der Waals surface area contributed by atoms with Crippen molar-refractivity contribution in [3.63, 3.8) is 0 Å². The predicted octanol–water partition coefficient (Wildman–Crippen LogP) is 0.277. The molecule has 2 heterocycles. The first-order valence-electron chi connectivity index (χ1n) is 8.78. The predicted molar refractivity (Wildman–Crippen MR) is 94.9 cm³/mol. The second kappa shape index (κ2) is 8.63. The van der Waals surface area contributed by atoms with E-state index in [1.54, 1.807) is 4.72 Å². The summed E-state index contributed by atoms with van der Waals surface area (Å²) in [5.41, 5.74) is -0.559. The molecule has 2 aliphatic rings. The van der Waals surface area contributed by atoms with E-state index in [9.17, 15) is 27.1 Å². The monoisotopic (exact) mass is 439 g/mol. The van der Waals surface area contributed by atoms with Gasteiger partial charge in [-0.25, -0.2) is 22.2 Å². The Hall–Kier alpha value is -2.25. The zero-order valence-electron chi connectivity index (χ0n) is 15.2. The van der Waals surface area contributed by atoms with Crippen molar-refractivity contribution in [1.29, 1.82) is 0 Å². The number of benzene rings is 1. The van der Waals surface area contributed by atoms with Crippen LogP contribution in [0.5, 0.6) is 11.5 Å². The van der Waals surface area contributed by atoms with Gasteiger partial charge < -0.3 is 19.9 Å². The van der Waals surface area contributed by atoms with Crippen LogP contribution >= 0.6 is 0 Å². The molecule has 3 N–H and O–H groups in total. The number of aromatic hydroxyl groups is 1. The van der Waals surface area contributed by atoms with E-state index >= 15 is 4.39 Å². The number of fused-ring (bicyclic) bond motifs is 1. The quantitative estimate of drug-likeness (QED) is 0.498. The van der Waals surface area contributed by atoms with Gasteiger partial charge in [0.1, 0.15) is 36.9 Å². The fraction of sp³-hybridized carbons (Fsp3) is 0.562. The Morgan fingerprint density at radius 2 is 2.21 bits per heavy atom. The molecule has 0 radical (unpaired) electrons. The maximum atomic E-state index is 15.1. The molecule has 9 nitrogen and oxygen atoms in total. The minimum Gasteiger partial charge on any atom is -0.505 e. The van der Waals surface area contributed by atoms with Gasteiger partial charge in [-0.05, 0) is 19.4 Å². The lowest BCUT2D eigenvalue weighted by Gasteiger charge is -2.28. The third-order valence-electron chi connectivity index (χ3n) is 4.38. The molecule has 1 aromatic carbocycles. The number of hydrogen-bond donors (Lipinski definition) is 3. The molecule has 0 unspecified atom stereocenters. The second-order valence-corrected chi connectivity index (χ2v) is 8.15. The largest absolute Gasteiger partial charge is 0.505 e. The molecular weight excluding hydrogens is 419 g/mol. The zero-order chi connectivity index (χ0) is 21.2. The topological polar surface area (TPSA) is 117 Å². The van der Waals surface area contributed by atoms with Crippen molar-refractivity contribution in [2.24, 2.45) is 0 Å². The van der Waals surface area contributed by atoms with Crippen LogP contribution in [0, 0.1) is 5.82 Å². The average Bonchev–Trinajstić information content (AvgIpc) is 2.90. The molecule has 0 aromatic heterocycles. The van der Waals surface area contributed by atoms with Gasteiger partial charge in [-0.2, -0.15) is 8.42 Å². The van der Waals surface area contributed by atoms with Gasteiger partial charge in [-0.3, -0.25) is 4.79 Å². The van der Waals surface area contributed by atoms with E-state index in [0.717, 1.165) is 6.07 Å². The lowest BCUT2D eigenvalue weighted by Crippen LogP contribution is -2.40. The molecular formula is C16H20F3N3O6S. The summed E-state index contributed by atoms with van der Waals surface area (Å²) in [6.07, 6.45) is -1.93. The van der Waals surface area contributed by atoms with Crippen LogP contribution in [0.3, 0.4) is 0 Å². The number of alkyl halides is 2. The summed E-state index contributed by atoms with van der Waals surface area (Å²) >= 11 is 0. The molecule has 0 bridgehead atoms. The van der Waals surface area contributed by atoms with Gasteiger partial charge in [-0.15, -0.1) is 0 Å². The number of phenolic OH excluding ortho intramolecular Hbond substituents is 1. The first-order valence-corrected chi connectivity index (χ1v) is 10.2. The summed E-state index contributed by atoms with van der Waals surface area (Å²) < 4.78 is 75.4. The summed E-state index contributed by atoms with van der Waals surface area (Å²) in [5.74, 6) is -2.42. The number of nitrogens with one attached hydrogen (secondary N) is 2. The molecule has 1 amide bonds. The molecule has 0 saturated carbocycles. The number of phenols is 1. The Morgan fingerprint density at radius 3 is 2.86 bits per heavy atom. The zero-order valence-corrected chi connectivity index (χ0v) is 16.0. The highest BCUT2D eigenvalue weighted by atomic mass is 32.2. The molecule has 162 valence electrons. The van der Waals surface area contributed by atoms with Crippen LogP contribution in [-0.2, 0) is 26.2 Å². The number of ether oxygens (including phenoxy) is 2. The molecule has 0 aliphatic carbocycles. The lowest BCUT2D eigenvalue weighted by atomic mass is 10.0. The standard InChI is InChI=1S/C16H20F3N3O6S/c17-13(18)8-27-3-1-2-20-9-4-10-12(28-7-9)5-11(23)16(15(10)19)22-6-14(24)21-29(22,25)26/h5,9,13,20,23H,1-4,6-8H2,(H,21,24)/t9-/m0/s1. The van der Waals surface area contributed by atoms with Gasteiger partial charge in [0.25, 0.3) is 12.3 Å². The average molecular weight is 439 g/mol. The number of carbonyl (C=O) groups is 1. The lowest BCUT2D eigenvalue weighted by molar-refractivity contribution is -0.117. The van der Waals surface area contributed by atoms with Gasteiger partial charge >= 0.3 is 10.2 Å². The summed E-state index contributed by atoms with van der Waals surface area (Å²) in [6, 6.07) is 0.792. The van der Waals surface area contributed by atoms with Crippen molar-refractivity contribution in [3.8, 4) is 11.5 Å². The molecule has 0 spiro atoms. The van der Waals surface area contributed by atoms with Gasteiger partial charge in [0.05, 0.1) is 0 Å². The van der Waals surface area contributed by atoms with E-state index in [0.29, 0.717) is 17.3 Å². The molecule has 1 atom stereocenters. The van der Waals surface area contributed by atoms with E-state index in [1.165, 1.54) is 0 Å². The highest BCUT2D eigenvalue weighted by Crippen LogP contribution is 2.41. The Bertz CT molecular complexity index is 883. The smallest absolute Gasteiger partial charge is 0.326 e. The molecule has 1 saturated heterocycles. The normalized spacial score (nSPS) is 20.5. The van der Waals surface area contributed by atoms with E-state index in [4.69, 9.17) is 9.47 Å². The van der Waals surface area contributed by atoms with Crippen LogP contribution in [0.1, 0.15) is 12.0 Å². The van der Waals surface area contributed by atoms with Crippen molar-refractivity contribution >= 4 is 21.8 Å². The highest BCUT2D eigenvalue weighted by Gasteiger charge is 2.39. The van der Waals surface area contributed by atoms with Gasteiger partial charge in [-0.1, -0.05) is 0 Å². The first kappa shape index (κ1) is 21.5. The van der Waals surface area contributed by atoms with Crippen molar-refractivity contribution < 1.29 is 41.0 Å². The van der Waals surface area contributed by atoms with Crippen molar-refractivity contribution in [2.45, 2.75) is 25.3 Å². The van der Waals surface area contributed by atoms with Crippen molar-refractivity contribution in [3.05, 3.63) is 17.4 Å². The van der Waals surface area contributed by atoms with E-state index in [-0.39, 0.29) is 37.0 Å². The number of anilines is 1. The highest BCUT2D eigenvalue weighted by molar-refractivity contribution is 7.92. The van der Waals surface area contributed by atoms with Crippen LogP contribution < -0.4 is 19.1 Å². The summed E-state index contributed by atoms with van der Waals surface area (Å²) in [6.45, 7) is -0.550. The fourth-order valence-corrected chi connectivity index (χ4v) is 4.29. The fourth-order valence-electron chi connectivity index (χ4n) is 3.12. The van der Waals surface area contributed by atoms with Gasteiger partial charge in [0, 0.05) is 24.3 Å². The van der Waals surface area contributed by atoms with Crippen molar-refractivity contribution in [1.82, 2.24) is 10.0 Å². The second-order valence-electron chi connectivity index (χ2n) is 6.56. The molecule has 3 rings (SSSR count). The number of nitrogens with zero attached hydrogens (tertiary/aromatic N) is 1. The van der Waals surface area contributed by atoms with Crippen molar-refractivity contribution in [2.75, 3.05) is 37.2 Å². The Balaban J connectivity index is 1.68. The van der Waals surface area contributed by atoms with E-state index in [1.807, 2.05) is 0 Å². The number of rotatable bonds is 8. The van der Waals surface area contributed by atoms with Crippen LogP contribution in [0.2, 0.25) is 0 Å². The maximum absolute atomic E-state index is 15.1. The van der Waals surface area contributed by atoms with Crippen LogP contribution in [0.15, 0.2) is 6.07 Å². The summed E-state index contributed by atoms with van der Waals surface area (Å²) in [5, 5.41) is 13.2. The van der Waals surface area contributed by atoms with Gasteiger partial charge in [0.2, 0.25) is 0 Å². The third kappa shape index (κ3) is 4.85. The number of carbonyl (C=O) groups excluding carboxylic acids is 1. The van der Waals surface area contributed by atoms with Crippen LogP contribution in [0.4, 0.5) is 18.9 Å². The van der Waals surface area contributed by atoms with E-state index in [2.05, 4.69) is 5.32 Å². The molecule has 29 heavy (non-hydrogen) atoms. The molecule has 1 fully saturated rings. The minimum atomic E-state index is -4.29. The van der Waals surface area contributed by atoms with Crippen LogP contribution in [-0.4, -0.2) is 64.8 Å². The number of halogens is 3. The number of amides is 1.